The molecule has 0 saturated carbocycles. The first-order valence-corrected chi connectivity index (χ1v) is 4.75. The molecule has 76 valence electrons. The van der Waals surface area contributed by atoms with Gasteiger partial charge in [0, 0.05) is 19.5 Å². The zero-order valence-corrected chi connectivity index (χ0v) is 8.38. The van der Waals surface area contributed by atoms with Crippen LogP contribution in [0.2, 0.25) is 0 Å². The number of nitrogens with two attached hydrogens (primary N) is 1. The summed E-state index contributed by atoms with van der Waals surface area (Å²) in [7, 11) is 0. The van der Waals surface area contributed by atoms with Gasteiger partial charge in [-0.1, -0.05) is 0 Å². The Morgan fingerprint density at radius 1 is 1.46 bits per heavy atom. The molecule has 0 aliphatic carbocycles. The first-order chi connectivity index (χ1) is 6.11. The smallest absolute Gasteiger partial charge is 0.224 e. The molecule has 0 radical (unpaired) electrons. The van der Waals surface area contributed by atoms with E-state index in [9.17, 15) is 4.79 Å². The SMILES string of the molecule is CCN(CC)C(=O)CC1(N)COC1. The van der Waals surface area contributed by atoms with Crippen LogP contribution in [0.5, 0.6) is 0 Å². The fourth-order valence-electron chi connectivity index (χ4n) is 1.46. The van der Waals surface area contributed by atoms with Crippen molar-refractivity contribution in [2.75, 3.05) is 26.3 Å². The van der Waals surface area contributed by atoms with Crippen LogP contribution in [-0.2, 0) is 9.53 Å². The molecule has 0 bridgehead atoms. The van der Waals surface area contributed by atoms with Crippen LogP contribution in [0, 0.1) is 0 Å². The fraction of sp³-hybridized carbons (Fsp3) is 0.889. The fourth-order valence-corrected chi connectivity index (χ4v) is 1.46. The highest BCUT2D eigenvalue weighted by molar-refractivity contribution is 5.77. The summed E-state index contributed by atoms with van der Waals surface area (Å²) in [4.78, 5) is 13.4. The van der Waals surface area contributed by atoms with E-state index in [4.69, 9.17) is 10.5 Å². The molecule has 2 N–H and O–H groups in total. The van der Waals surface area contributed by atoms with Crippen LogP contribution in [0.4, 0.5) is 0 Å². The number of carbonyl (C=O) groups is 1. The molecule has 0 spiro atoms. The minimum Gasteiger partial charge on any atom is -0.377 e. The van der Waals surface area contributed by atoms with Gasteiger partial charge in [-0.05, 0) is 13.8 Å². The van der Waals surface area contributed by atoms with E-state index in [0.29, 0.717) is 19.6 Å². The zero-order valence-electron chi connectivity index (χ0n) is 8.38. The highest BCUT2D eigenvalue weighted by Crippen LogP contribution is 2.18. The largest absolute Gasteiger partial charge is 0.377 e. The number of amides is 1. The molecule has 1 amide bonds. The van der Waals surface area contributed by atoms with Crippen molar-refractivity contribution in [3.8, 4) is 0 Å². The Kier molecular flexibility index (Phi) is 3.27. The van der Waals surface area contributed by atoms with Gasteiger partial charge in [0.1, 0.15) is 0 Å². The number of rotatable bonds is 4. The van der Waals surface area contributed by atoms with Gasteiger partial charge in [0.15, 0.2) is 0 Å². The van der Waals surface area contributed by atoms with Crippen LogP contribution in [0.25, 0.3) is 0 Å². The third-order valence-electron chi connectivity index (χ3n) is 2.40. The summed E-state index contributed by atoms with van der Waals surface area (Å²) in [5, 5.41) is 0. The summed E-state index contributed by atoms with van der Waals surface area (Å²) >= 11 is 0. The van der Waals surface area contributed by atoms with Gasteiger partial charge in [-0.3, -0.25) is 4.79 Å². The van der Waals surface area contributed by atoms with Crippen molar-refractivity contribution in [3.05, 3.63) is 0 Å². The minimum absolute atomic E-state index is 0.135. The van der Waals surface area contributed by atoms with Crippen molar-refractivity contribution in [2.45, 2.75) is 25.8 Å². The molecule has 1 aliphatic heterocycles. The number of carbonyl (C=O) groups excluding carboxylic acids is 1. The number of ether oxygens (including phenoxy) is 1. The zero-order chi connectivity index (χ0) is 9.90. The third kappa shape index (κ3) is 2.42. The molecule has 1 heterocycles. The van der Waals surface area contributed by atoms with Crippen LogP contribution in [-0.4, -0.2) is 42.6 Å². The molecule has 1 aliphatic rings. The van der Waals surface area contributed by atoms with Gasteiger partial charge in [-0.2, -0.15) is 0 Å². The molecular weight excluding hydrogens is 168 g/mol. The molecule has 0 aromatic heterocycles. The summed E-state index contributed by atoms with van der Waals surface area (Å²) in [5.74, 6) is 0.135. The number of hydrogen-bond donors (Lipinski definition) is 1. The molecular formula is C9H18N2O2. The Labute approximate surface area is 79.0 Å². The monoisotopic (exact) mass is 186 g/mol. The summed E-state index contributed by atoms with van der Waals surface area (Å²) in [6, 6.07) is 0. The minimum atomic E-state index is -0.389. The quantitative estimate of drug-likeness (QED) is 0.671. The third-order valence-corrected chi connectivity index (χ3v) is 2.40. The van der Waals surface area contributed by atoms with Crippen LogP contribution in [0.15, 0.2) is 0 Å². The summed E-state index contributed by atoms with van der Waals surface area (Å²) in [5.41, 5.74) is 5.49. The van der Waals surface area contributed by atoms with E-state index in [1.54, 1.807) is 4.90 Å². The second kappa shape index (κ2) is 4.07. The van der Waals surface area contributed by atoms with Crippen LogP contribution in [0.3, 0.4) is 0 Å². The number of nitrogens with zero attached hydrogens (tertiary/aromatic N) is 1. The van der Waals surface area contributed by atoms with E-state index in [0.717, 1.165) is 13.1 Å². The normalized spacial score (nSPS) is 19.3. The van der Waals surface area contributed by atoms with E-state index >= 15 is 0 Å². The average molecular weight is 186 g/mol. The van der Waals surface area contributed by atoms with Gasteiger partial charge in [-0.25, -0.2) is 0 Å². The lowest BCUT2D eigenvalue weighted by Gasteiger charge is -2.38. The maximum absolute atomic E-state index is 11.6. The Bertz CT molecular complexity index is 186. The van der Waals surface area contributed by atoms with Crippen molar-refractivity contribution in [1.29, 1.82) is 0 Å². The first kappa shape index (κ1) is 10.5. The van der Waals surface area contributed by atoms with E-state index in [1.807, 2.05) is 13.8 Å². The molecule has 0 unspecified atom stereocenters. The van der Waals surface area contributed by atoms with Crippen molar-refractivity contribution in [1.82, 2.24) is 4.90 Å². The molecule has 13 heavy (non-hydrogen) atoms. The van der Waals surface area contributed by atoms with Gasteiger partial charge < -0.3 is 15.4 Å². The lowest BCUT2D eigenvalue weighted by Crippen LogP contribution is -2.59. The highest BCUT2D eigenvalue weighted by Gasteiger charge is 2.37. The highest BCUT2D eigenvalue weighted by atomic mass is 16.5. The summed E-state index contributed by atoms with van der Waals surface area (Å²) in [6.45, 7) is 6.49. The van der Waals surface area contributed by atoms with Crippen LogP contribution in [0.1, 0.15) is 20.3 Å². The molecule has 1 rings (SSSR count). The van der Waals surface area contributed by atoms with Gasteiger partial charge in [0.05, 0.1) is 18.8 Å². The second-order valence-corrected chi connectivity index (χ2v) is 3.60. The topological polar surface area (TPSA) is 55.6 Å². The molecule has 0 atom stereocenters. The molecule has 4 heteroatoms. The van der Waals surface area contributed by atoms with E-state index in [2.05, 4.69) is 0 Å². The van der Waals surface area contributed by atoms with Crippen LogP contribution >= 0.6 is 0 Å². The molecule has 0 aromatic carbocycles. The first-order valence-electron chi connectivity index (χ1n) is 4.75. The van der Waals surface area contributed by atoms with Crippen molar-refractivity contribution in [3.63, 3.8) is 0 Å². The van der Waals surface area contributed by atoms with Gasteiger partial charge >= 0.3 is 0 Å². The average Bonchev–Trinajstić information content (AvgIpc) is 2.04. The van der Waals surface area contributed by atoms with Gasteiger partial charge in [0.25, 0.3) is 0 Å². The van der Waals surface area contributed by atoms with Crippen LogP contribution < -0.4 is 5.73 Å². The second-order valence-electron chi connectivity index (χ2n) is 3.60. The molecule has 4 nitrogen and oxygen atoms in total. The van der Waals surface area contributed by atoms with Crippen molar-refractivity contribution >= 4 is 5.91 Å². The Morgan fingerprint density at radius 3 is 2.31 bits per heavy atom. The van der Waals surface area contributed by atoms with Gasteiger partial charge in [0.2, 0.25) is 5.91 Å². The van der Waals surface area contributed by atoms with Crippen molar-refractivity contribution in [2.24, 2.45) is 5.73 Å². The summed E-state index contributed by atoms with van der Waals surface area (Å²) in [6.07, 6.45) is 0.411. The predicted octanol–water partition coefficient (Wildman–Crippen LogP) is -0.0274. The summed E-state index contributed by atoms with van der Waals surface area (Å²) < 4.78 is 4.99. The Balaban J connectivity index is 2.39. The Morgan fingerprint density at radius 2 is 2.00 bits per heavy atom. The van der Waals surface area contributed by atoms with Crippen molar-refractivity contribution < 1.29 is 9.53 Å². The molecule has 1 fully saturated rings. The maximum atomic E-state index is 11.6. The molecule has 0 aromatic rings. The number of hydrogen-bond acceptors (Lipinski definition) is 3. The lowest BCUT2D eigenvalue weighted by atomic mass is 9.94. The van der Waals surface area contributed by atoms with E-state index in [1.165, 1.54) is 0 Å². The molecule has 1 saturated heterocycles. The standard InChI is InChI=1S/C9H18N2O2/c1-3-11(4-2)8(12)5-9(10)6-13-7-9/h3-7,10H2,1-2H3. The Hall–Kier alpha value is -0.610. The predicted molar refractivity (Wildman–Crippen MR) is 50.3 cm³/mol. The van der Waals surface area contributed by atoms with Gasteiger partial charge in [-0.15, -0.1) is 0 Å². The maximum Gasteiger partial charge on any atom is 0.224 e. The van der Waals surface area contributed by atoms with E-state index < -0.39 is 0 Å². The van der Waals surface area contributed by atoms with E-state index in [-0.39, 0.29) is 11.4 Å². The lowest BCUT2D eigenvalue weighted by molar-refractivity contribution is -0.138.